The van der Waals surface area contributed by atoms with Gasteiger partial charge in [0.25, 0.3) is 0 Å². The second kappa shape index (κ2) is 4.79. The molecule has 0 atom stereocenters. The van der Waals surface area contributed by atoms with E-state index < -0.39 is 0 Å². The molecule has 2 aromatic rings. The van der Waals surface area contributed by atoms with E-state index in [1.165, 1.54) is 6.07 Å². The van der Waals surface area contributed by atoms with Crippen molar-refractivity contribution in [3.05, 3.63) is 33.8 Å². The molecule has 1 heterocycles. The number of nitrogens with one attached hydrogen (secondary N) is 1. The maximum atomic E-state index is 13.2. The molecule has 0 aliphatic rings. The summed E-state index contributed by atoms with van der Waals surface area (Å²) in [5, 5.41) is 14.3. The summed E-state index contributed by atoms with van der Waals surface area (Å²) in [5.74, 6) is 0.443. The number of rotatable bonds is 3. The number of benzene rings is 1. The average Bonchev–Trinajstić information content (AvgIpc) is 2.68. The van der Waals surface area contributed by atoms with Crippen molar-refractivity contribution in [3.63, 3.8) is 0 Å². The molecule has 0 saturated carbocycles. The first-order valence-corrected chi connectivity index (χ1v) is 5.78. The van der Waals surface area contributed by atoms with Gasteiger partial charge in [0.15, 0.2) is 5.82 Å². The first kappa shape index (κ1) is 12.0. The summed E-state index contributed by atoms with van der Waals surface area (Å²) in [4.78, 5) is 0. The lowest BCUT2D eigenvalue weighted by atomic mass is 10.2. The molecule has 7 heteroatoms. The highest BCUT2D eigenvalue weighted by Crippen LogP contribution is 2.24. The van der Waals surface area contributed by atoms with E-state index in [1.54, 1.807) is 17.8 Å². The molecule has 0 aliphatic carbocycles. The highest BCUT2D eigenvalue weighted by Gasteiger charge is 2.07. The van der Waals surface area contributed by atoms with Crippen LogP contribution in [0.2, 0.25) is 0 Å². The molecule has 17 heavy (non-hydrogen) atoms. The molecule has 0 radical (unpaired) electrons. The lowest BCUT2D eigenvalue weighted by molar-refractivity contribution is 0.620. The van der Waals surface area contributed by atoms with Gasteiger partial charge in [-0.25, -0.2) is 9.07 Å². The van der Waals surface area contributed by atoms with Crippen molar-refractivity contribution in [1.82, 2.24) is 20.2 Å². The van der Waals surface area contributed by atoms with Crippen LogP contribution in [-0.2, 0) is 13.6 Å². The van der Waals surface area contributed by atoms with Crippen LogP contribution in [0.25, 0.3) is 0 Å². The molecular weight excluding hydrogens is 289 g/mol. The van der Waals surface area contributed by atoms with Gasteiger partial charge in [-0.1, -0.05) is 0 Å². The van der Waals surface area contributed by atoms with E-state index in [-0.39, 0.29) is 5.82 Å². The maximum absolute atomic E-state index is 13.2. The molecule has 90 valence electrons. The third-order valence-electron chi connectivity index (χ3n) is 2.41. The molecule has 0 bridgehead atoms. The number of aromatic nitrogens is 4. The van der Waals surface area contributed by atoms with Gasteiger partial charge in [0.1, 0.15) is 5.82 Å². The maximum Gasteiger partial charge on any atom is 0.170 e. The Balaban J connectivity index is 2.14. The summed E-state index contributed by atoms with van der Waals surface area (Å²) in [5.41, 5.74) is 1.68. The predicted octanol–water partition coefficient (Wildman–Crippen LogP) is 2.03. The minimum Gasteiger partial charge on any atom is -0.377 e. The lowest BCUT2D eigenvalue weighted by Crippen LogP contribution is -2.07. The quantitative estimate of drug-likeness (QED) is 0.942. The van der Waals surface area contributed by atoms with E-state index in [0.29, 0.717) is 16.8 Å². The Morgan fingerprint density at radius 3 is 2.88 bits per heavy atom. The normalized spacial score (nSPS) is 10.6. The summed E-state index contributed by atoms with van der Waals surface area (Å²) in [6, 6.07) is 3.18. The zero-order chi connectivity index (χ0) is 12.4. The zero-order valence-electron chi connectivity index (χ0n) is 9.41. The molecule has 1 aromatic heterocycles. The third-order valence-corrected chi connectivity index (χ3v) is 3.02. The molecule has 0 aliphatic heterocycles. The van der Waals surface area contributed by atoms with Crippen molar-refractivity contribution < 1.29 is 4.39 Å². The van der Waals surface area contributed by atoms with Gasteiger partial charge >= 0.3 is 0 Å². The van der Waals surface area contributed by atoms with Crippen molar-refractivity contribution in [2.45, 2.75) is 13.5 Å². The van der Waals surface area contributed by atoms with Gasteiger partial charge in [-0.05, 0) is 51.0 Å². The standard InChI is InChI=1S/C10H11BrFN5/c1-6-3-8(12)7(11)4-9(6)13-5-10-14-15-16-17(10)2/h3-4,13H,5H2,1-2H3. The molecule has 2 rings (SSSR count). The monoisotopic (exact) mass is 299 g/mol. The van der Waals surface area contributed by atoms with Gasteiger partial charge in [-0.2, -0.15) is 0 Å². The van der Waals surface area contributed by atoms with Crippen molar-refractivity contribution in [3.8, 4) is 0 Å². The van der Waals surface area contributed by atoms with Crippen LogP contribution in [0.1, 0.15) is 11.4 Å². The molecule has 1 N–H and O–H groups in total. The van der Waals surface area contributed by atoms with E-state index >= 15 is 0 Å². The van der Waals surface area contributed by atoms with E-state index in [9.17, 15) is 4.39 Å². The fraction of sp³-hybridized carbons (Fsp3) is 0.300. The number of hydrogen-bond donors (Lipinski definition) is 1. The van der Waals surface area contributed by atoms with Crippen LogP contribution in [0.3, 0.4) is 0 Å². The lowest BCUT2D eigenvalue weighted by Gasteiger charge is -2.09. The van der Waals surface area contributed by atoms with Crippen LogP contribution in [-0.4, -0.2) is 20.2 Å². The number of hydrogen-bond acceptors (Lipinski definition) is 4. The Labute approximate surface area is 106 Å². The molecule has 5 nitrogen and oxygen atoms in total. The third kappa shape index (κ3) is 2.60. The number of aryl methyl sites for hydroxylation is 2. The van der Waals surface area contributed by atoms with Gasteiger partial charge in [-0.15, -0.1) is 5.10 Å². The Morgan fingerprint density at radius 1 is 1.47 bits per heavy atom. The smallest absolute Gasteiger partial charge is 0.170 e. The number of halogens is 2. The Bertz CT molecular complexity index is 539. The Kier molecular flexibility index (Phi) is 3.37. The highest BCUT2D eigenvalue weighted by atomic mass is 79.9. The average molecular weight is 300 g/mol. The summed E-state index contributed by atoms with van der Waals surface area (Å²) in [6.45, 7) is 2.33. The largest absolute Gasteiger partial charge is 0.377 e. The number of nitrogens with zero attached hydrogens (tertiary/aromatic N) is 4. The van der Waals surface area contributed by atoms with Gasteiger partial charge in [0.2, 0.25) is 0 Å². The fourth-order valence-electron chi connectivity index (χ4n) is 1.41. The van der Waals surface area contributed by atoms with Gasteiger partial charge in [0, 0.05) is 12.7 Å². The molecule has 0 saturated heterocycles. The van der Waals surface area contributed by atoms with Crippen molar-refractivity contribution in [2.75, 3.05) is 5.32 Å². The Hall–Kier alpha value is -1.50. The van der Waals surface area contributed by atoms with Crippen LogP contribution in [0.5, 0.6) is 0 Å². The molecule has 0 amide bonds. The first-order chi connectivity index (χ1) is 8.08. The molecule has 0 unspecified atom stereocenters. The van der Waals surface area contributed by atoms with Crippen LogP contribution in [0.15, 0.2) is 16.6 Å². The van der Waals surface area contributed by atoms with E-state index in [1.807, 2.05) is 6.92 Å². The predicted molar refractivity (Wildman–Crippen MR) is 65.0 cm³/mol. The van der Waals surface area contributed by atoms with Crippen molar-refractivity contribution in [2.24, 2.45) is 7.05 Å². The van der Waals surface area contributed by atoms with Crippen LogP contribution in [0.4, 0.5) is 10.1 Å². The molecule has 1 aromatic carbocycles. The Morgan fingerprint density at radius 2 is 2.24 bits per heavy atom. The van der Waals surface area contributed by atoms with Crippen molar-refractivity contribution in [1.29, 1.82) is 0 Å². The van der Waals surface area contributed by atoms with Crippen LogP contribution < -0.4 is 5.32 Å². The summed E-state index contributed by atoms with van der Waals surface area (Å²) >= 11 is 3.15. The summed E-state index contributed by atoms with van der Waals surface area (Å²) in [7, 11) is 1.77. The minimum atomic E-state index is -0.270. The van der Waals surface area contributed by atoms with E-state index in [0.717, 1.165) is 11.3 Å². The number of tetrazole rings is 1. The number of anilines is 1. The van der Waals surface area contributed by atoms with Gasteiger partial charge in [0.05, 0.1) is 11.0 Å². The topological polar surface area (TPSA) is 55.6 Å². The summed E-state index contributed by atoms with van der Waals surface area (Å²) < 4.78 is 15.2. The van der Waals surface area contributed by atoms with E-state index in [2.05, 4.69) is 36.8 Å². The highest BCUT2D eigenvalue weighted by molar-refractivity contribution is 9.10. The van der Waals surface area contributed by atoms with Gasteiger partial charge < -0.3 is 5.32 Å². The summed E-state index contributed by atoms with van der Waals surface area (Å²) in [6.07, 6.45) is 0. The van der Waals surface area contributed by atoms with Crippen LogP contribution in [0, 0.1) is 12.7 Å². The van der Waals surface area contributed by atoms with Crippen molar-refractivity contribution >= 4 is 21.6 Å². The fourth-order valence-corrected chi connectivity index (χ4v) is 1.75. The molecule has 0 fully saturated rings. The zero-order valence-corrected chi connectivity index (χ0v) is 11.0. The SMILES string of the molecule is Cc1cc(F)c(Br)cc1NCc1nnnn1C. The molecular formula is C10H11BrFN5. The van der Waals surface area contributed by atoms with Crippen LogP contribution >= 0.6 is 15.9 Å². The van der Waals surface area contributed by atoms with E-state index in [4.69, 9.17) is 0 Å². The molecule has 0 spiro atoms. The van der Waals surface area contributed by atoms with Gasteiger partial charge in [-0.3, -0.25) is 0 Å². The minimum absolute atomic E-state index is 0.270. The second-order valence-corrected chi connectivity index (χ2v) is 4.51. The first-order valence-electron chi connectivity index (χ1n) is 4.98. The second-order valence-electron chi connectivity index (χ2n) is 3.65.